The van der Waals surface area contributed by atoms with Crippen molar-refractivity contribution in [2.75, 3.05) is 32.1 Å². The van der Waals surface area contributed by atoms with Gasteiger partial charge in [-0.05, 0) is 33.0 Å². The summed E-state index contributed by atoms with van der Waals surface area (Å²) in [7, 11) is 1.79. The zero-order valence-electron chi connectivity index (χ0n) is 12.4. The maximum absolute atomic E-state index is 11.8. The Hall–Kier alpha value is -1.43. The van der Waals surface area contributed by atoms with Crippen molar-refractivity contribution in [3.8, 4) is 0 Å². The van der Waals surface area contributed by atoms with Crippen molar-refractivity contribution in [3.05, 3.63) is 30.3 Å². The minimum atomic E-state index is -0.591. The summed E-state index contributed by atoms with van der Waals surface area (Å²) in [6.07, 6.45) is -0.497. The average molecular weight is 280 g/mol. The van der Waals surface area contributed by atoms with Crippen molar-refractivity contribution in [1.82, 2.24) is 4.90 Å². The van der Waals surface area contributed by atoms with Crippen LogP contribution in [0.2, 0.25) is 0 Å². The number of aliphatic hydroxyl groups is 1. The molecule has 2 N–H and O–H groups in total. The molecule has 1 unspecified atom stereocenters. The second-order valence-corrected chi connectivity index (χ2v) is 5.15. The lowest BCUT2D eigenvalue weighted by molar-refractivity contribution is -0.117. The van der Waals surface area contributed by atoms with Gasteiger partial charge in [0.15, 0.2) is 0 Å². The molecule has 0 saturated heterocycles. The van der Waals surface area contributed by atoms with E-state index in [9.17, 15) is 9.90 Å². The van der Waals surface area contributed by atoms with Crippen molar-refractivity contribution >= 4 is 11.6 Å². The molecule has 0 fully saturated rings. The molecule has 0 aliphatic carbocycles. The molecule has 0 aliphatic rings. The van der Waals surface area contributed by atoms with Gasteiger partial charge in [0.2, 0.25) is 5.91 Å². The number of benzene rings is 1. The van der Waals surface area contributed by atoms with Crippen LogP contribution in [0.3, 0.4) is 0 Å². The number of carbonyl (C=O) groups is 1. The molecule has 5 heteroatoms. The van der Waals surface area contributed by atoms with E-state index < -0.39 is 6.10 Å². The highest BCUT2D eigenvalue weighted by molar-refractivity contribution is 5.92. The lowest BCUT2D eigenvalue weighted by atomic mass is 10.3. The number of nitrogens with one attached hydrogen (secondary N) is 1. The van der Waals surface area contributed by atoms with E-state index in [1.807, 2.05) is 44.2 Å². The third-order valence-electron chi connectivity index (χ3n) is 2.62. The standard InChI is InChI=1S/C15H24N2O3/c1-12(2)20-11-14(18)9-17(3)10-15(19)16-13-7-5-4-6-8-13/h4-8,12,14,18H,9-11H2,1-3H3,(H,16,19). The summed E-state index contributed by atoms with van der Waals surface area (Å²) in [4.78, 5) is 13.6. The van der Waals surface area contributed by atoms with Crippen LogP contribution in [0, 0.1) is 0 Å². The summed E-state index contributed by atoms with van der Waals surface area (Å²) in [5, 5.41) is 12.6. The summed E-state index contributed by atoms with van der Waals surface area (Å²) < 4.78 is 5.33. The van der Waals surface area contributed by atoms with E-state index in [1.165, 1.54) is 0 Å². The van der Waals surface area contributed by atoms with Crippen LogP contribution in [0.15, 0.2) is 30.3 Å². The molecule has 0 aliphatic heterocycles. The van der Waals surface area contributed by atoms with Crippen molar-refractivity contribution in [2.24, 2.45) is 0 Å². The van der Waals surface area contributed by atoms with Gasteiger partial charge in [0.05, 0.1) is 25.4 Å². The van der Waals surface area contributed by atoms with Gasteiger partial charge < -0.3 is 15.2 Å². The summed E-state index contributed by atoms with van der Waals surface area (Å²) in [6.45, 7) is 4.75. The number of likely N-dealkylation sites (N-methyl/N-ethyl adjacent to an activating group) is 1. The molecule has 0 saturated carbocycles. The molecule has 20 heavy (non-hydrogen) atoms. The molecule has 0 aromatic heterocycles. The summed E-state index contributed by atoms with van der Waals surface area (Å²) in [6, 6.07) is 9.30. The first-order valence-electron chi connectivity index (χ1n) is 6.80. The Morgan fingerprint density at radius 3 is 2.60 bits per heavy atom. The Morgan fingerprint density at radius 2 is 2.00 bits per heavy atom. The molecule has 0 heterocycles. The number of hydrogen-bond acceptors (Lipinski definition) is 4. The quantitative estimate of drug-likeness (QED) is 0.754. The van der Waals surface area contributed by atoms with Crippen molar-refractivity contribution in [2.45, 2.75) is 26.1 Å². The monoisotopic (exact) mass is 280 g/mol. The Balaban J connectivity index is 2.27. The molecule has 0 bridgehead atoms. The predicted molar refractivity (Wildman–Crippen MR) is 79.7 cm³/mol. The van der Waals surface area contributed by atoms with Crippen molar-refractivity contribution < 1.29 is 14.6 Å². The van der Waals surface area contributed by atoms with E-state index in [4.69, 9.17) is 4.74 Å². The number of amides is 1. The van der Waals surface area contributed by atoms with Crippen LogP contribution in [0.5, 0.6) is 0 Å². The fourth-order valence-electron chi connectivity index (χ4n) is 1.75. The molecule has 5 nitrogen and oxygen atoms in total. The highest BCUT2D eigenvalue weighted by atomic mass is 16.5. The van der Waals surface area contributed by atoms with E-state index in [-0.39, 0.29) is 25.2 Å². The second kappa shape index (κ2) is 8.68. The smallest absolute Gasteiger partial charge is 0.238 e. The SMILES string of the molecule is CC(C)OCC(O)CN(C)CC(=O)Nc1ccccc1. The van der Waals surface area contributed by atoms with Gasteiger partial charge in [0.25, 0.3) is 0 Å². The van der Waals surface area contributed by atoms with Gasteiger partial charge in [-0.2, -0.15) is 0 Å². The minimum absolute atomic E-state index is 0.0938. The number of hydrogen-bond donors (Lipinski definition) is 2. The van der Waals surface area contributed by atoms with Crippen LogP contribution < -0.4 is 5.32 Å². The number of nitrogens with zero attached hydrogens (tertiary/aromatic N) is 1. The van der Waals surface area contributed by atoms with Gasteiger partial charge in [0, 0.05) is 12.2 Å². The molecule has 0 radical (unpaired) electrons. The number of para-hydroxylation sites is 1. The Kier molecular flexibility index (Phi) is 7.22. The number of carbonyl (C=O) groups excluding carboxylic acids is 1. The van der Waals surface area contributed by atoms with Gasteiger partial charge in [-0.25, -0.2) is 0 Å². The van der Waals surface area contributed by atoms with Crippen molar-refractivity contribution in [1.29, 1.82) is 0 Å². The van der Waals surface area contributed by atoms with Gasteiger partial charge in [-0.15, -0.1) is 0 Å². The number of aliphatic hydroxyl groups excluding tert-OH is 1. The highest BCUT2D eigenvalue weighted by Crippen LogP contribution is 2.04. The first-order chi connectivity index (χ1) is 9.47. The van der Waals surface area contributed by atoms with Crippen molar-refractivity contribution in [3.63, 3.8) is 0 Å². The van der Waals surface area contributed by atoms with E-state index in [0.717, 1.165) is 5.69 Å². The number of ether oxygens (including phenoxy) is 1. The lowest BCUT2D eigenvalue weighted by Gasteiger charge is -2.20. The zero-order chi connectivity index (χ0) is 15.0. The molecule has 0 spiro atoms. The topological polar surface area (TPSA) is 61.8 Å². The highest BCUT2D eigenvalue weighted by Gasteiger charge is 2.12. The fraction of sp³-hybridized carbons (Fsp3) is 0.533. The van der Waals surface area contributed by atoms with Crippen LogP contribution in [0.25, 0.3) is 0 Å². The summed E-state index contributed by atoms with van der Waals surface area (Å²) in [5.41, 5.74) is 0.773. The third kappa shape index (κ3) is 7.23. The Labute approximate surface area is 120 Å². The summed E-state index contributed by atoms with van der Waals surface area (Å²) >= 11 is 0. The average Bonchev–Trinajstić information content (AvgIpc) is 2.37. The molecule has 1 rings (SSSR count). The van der Waals surface area contributed by atoms with E-state index >= 15 is 0 Å². The maximum Gasteiger partial charge on any atom is 0.238 e. The van der Waals surface area contributed by atoms with Crippen LogP contribution in [-0.2, 0) is 9.53 Å². The van der Waals surface area contributed by atoms with Gasteiger partial charge in [-0.1, -0.05) is 18.2 Å². The minimum Gasteiger partial charge on any atom is -0.389 e. The first kappa shape index (κ1) is 16.6. The Bertz CT molecular complexity index is 395. The maximum atomic E-state index is 11.8. The number of rotatable bonds is 8. The van der Waals surface area contributed by atoms with Crippen LogP contribution >= 0.6 is 0 Å². The molecule has 1 atom stereocenters. The van der Waals surface area contributed by atoms with Crippen LogP contribution in [0.4, 0.5) is 5.69 Å². The van der Waals surface area contributed by atoms with E-state index in [1.54, 1.807) is 11.9 Å². The van der Waals surface area contributed by atoms with Gasteiger partial charge in [-0.3, -0.25) is 9.69 Å². The summed E-state index contributed by atoms with van der Waals surface area (Å²) in [5.74, 6) is -0.101. The van der Waals surface area contributed by atoms with Crippen LogP contribution in [0.1, 0.15) is 13.8 Å². The predicted octanol–water partition coefficient (Wildman–Crippen LogP) is 1.34. The molecular weight excluding hydrogens is 256 g/mol. The largest absolute Gasteiger partial charge is 0.389 e. The molecule has 1 aromatic rings. The fourth-order valence-corrected chi connectivity index (χ4v) is 1.75. The molecular formula is C15H24N2O3. The van der Waals surface area contributed by atoms with E-state index in [2.05, 4.69) is 5.32 Å². The lowest BCUT2D eigenvalue weighted by Crippen LogP contribution is -2.37. The normalized spacial score (nSPS) is 12.7. The zero-order valence-corrected chi connectivity index (χ0v) is 12.4. The Morgan fingerprint density at radius 1 is 1.35 bits per heavy atom. The van der Waals surface area contributed by atoms with Gasteiger partial charge >= 0.3 is 0 Å². The molecule has 112 valence electrons. The first-order valence-corrected chi connectivity index (χ1v) is 6.80. The molecule has 1 amide bonds. The second-order valence-electron chi connectivity index (χ2n) is 5.15. The van der Waals surface area contributed by atoms with E-state index in [0.29, 0.717) is 6.54 Å². The molecule has 1 aromatic carbocycles. The van der Waals surface area contributed by atoms with Gasteiger partial charge in [0.1, 0.15) is 0 Å². The third-order valence-corrected chi connectivity index (χ3v) is 2.62. The van der Waals surface area contributed by atoms with Crippen LogP contribution in [-0.4, -0.2) is 54.9 Å². The number of anilines is 1.